The number of alkyl halides is 1. The summed E-state index contributed by atoms with van der Waals surface area (Å²) in [5.41, 5.74) is 2.59. The van der Waals surface area contributed by atoms with Crippen LogP contribution in [0.25, 0.3) is 0 Å². The van der Waals surface area contributed by atoms with Crippen molar-refractivity contribution in [2.45, 2.75) is 38.7 Å². The third-order valence-electron chi connectivity index (χ3n) is 3.59. The standard InChI is InChI=1S/C19H22ClNO/c1-19(2,3)21(14-16-7-5-4-6-8-16)18(22)17-11-9-15(13-20)10-12-17/h4-12H,13-14H2,1-3H3. The van der Waals surface area contributed by atoms with Gasteiger partial charge >= 0.3 is 0 Å². The van der Waals surface area contributed by atoms with Gasteiger partial charge in [0, 0.05) is 23.5 Å². The SMILES string of the molecule is CC(C)(C)N(Cc1ccccc1)C(=O)c1ccc(CCl)cc1. The van der Waals surface area contributed by atoms with Gasteiger partial charge in [-0.05, 0) is 44.0 Å². The predicted octanol–water partition coefficient (Wildman–Crippen LogP) is 4.87. The molecule has 0 aliphatic heterocycles. The van der Waals surface area contributed by atoms with Crippen molar-refractivity contribution in [1.29, 1.82) is 0 Å². The van der Waals surface area contributed by atoms with Crippen LogP contribution in [0.5, 0.6) is 0 Å². The summed E-state index contributed by atoms with van der Waals surface area (Å²) < 4.78 is 0. The molecule has 22 heavy (non-hydrogen) atoms. The number of carbonyl (C=O) groups is 1. The van der Waals surface area contributed by atoms with E-state index in [1.165, 1.54) is 0 Å². The molecule has 2 aromatic carbocycles. The lowest BCUT2D eigenvalue weighted by molar-refractivity contribution is 0.0559. The third kappa shape index (κ3) is 4.11. The first-order valence-electron chi connectivity index (χ1n) is 7.42. The minimum atomic E-state index is -0.252. The Morgan fingerprint density at radius 2 is 1.55 bits per heavy atom. The number of hydrogen-bond donors (Lipinski definition) is 0. The van der Waals surface area contributed by atoms with Gasteiger partial charge in [0.05, 0.1) is 0 Å². The molecule has 0 N–H and O–H groups in total. The van der Waals surface area contributed by atoms with Gasteiger partial charge in [-0.25, -0.2) is 0 Å². The van der Waals surface area contributed by atoms with Crippen LogP contribution in [0.2, 0.25) is 0 Å². The molecule has 0 atom stereocenters. The largest absolute Gasteiger partial charge is 0.329 e. The number of hydrogen-bond acceptors (Lipinski definition) is 1. The van der Waals surface area contributed by atoms with Crippen molar-refractivity contribution in [3.05, 3.63) is 71.3 Å². The molecule has 2 rings (SSSR count). The van der Waals surface area contributed by atoms with Crippen LogP contribution >= 0.6 is 11.6 Å². The van der Waals surface area contributed by atoms with E-state index >= 15 is 0 Å². The lowest BCUT2D eigenvalue weighted by Crippen LogP contribution is -2.45. The van der Waals surface area contributed by atoms with Gasteiger partial charge in [-0.2, -0.15) is 0 Å². The van der Waals surface area contributed by atoms with Crippen LogP contribution in [0.15, 0.2) is 54.6 Å². The summed E-state index contributed by atoms with van der Waals surface area (Å²) in [6.07, 6.45) is 0. The summed E-state index contributed by atoms with van der Waals surface area (Å²) >= 11 is 5.81. The van der Waals surface area contributed by atoms with E-state index < -0.39 is 0 Å². The van der Waals surface area contributed by atoms with Gasteiger partial charge in [0.1, 0.15) is 0 Å². The van der Waals surface area contributed by atoms with E-state index in [1.54, 1.807) is 0 Å². The van der Waals surface area contributed by atoms with E-state index in [9.17, 15) is 4.79 Å². The Morgan fingerprint density at radius 1 is 0.955 bits per heavy atom. The van der Waals surface area contributed by atoms with Gasteiger partial charge in [0.15, 0.2) is 0 Å². The highest BCUT2D eigenvalue weighted by Gasteiger charge is 2.27. The van der Waals surface area contributed by atoms with E-state index in [0.29, 0.717) is 18.0 Å². The second kappa shape index (κ2) is 6.97. The fraction of sp³-hybridized carbons (Fsp3) is 0.316. The van der Waals surface area contributed by atoms with E-state index in [-0.39, 0.29) is 11.4 Å². The fourth-order valence-electron chi connectivity index (χ4n) is 2.27. The quantitative estimate of drug-likeness (QED) is 0.737. The first-order chi connectivity index (χ1) is 10.4. The molecule has 0 spiro atoms. The van der Waals surface area contributed by atoms with E-state index in [2.05, 4.69) is 20.8 Å². The van der Waals surface area contributed by atoms with Crippen molar-refractivity contribution >= 4 is 17.5 Å². The topological polar surface area (TPSA) is 20.3 Å². The first kappa shape index (κ1) is 16.6. The van der Waals surface area contributed by atoms with Gasteiger partial charge in [-0.1, -0.05) is 42.5 Å². The number of amides is 1. The Hall–Kier alpha value is -1.80. The molecule has 1 amide bonds. The van der Waals surface area contributed by atoms with E-state index in [0.717, 1.165) is 11.1 Å². The highest BCUT2D eigenvalue weighted by Crippen LogP contribution is 2.21. The number of halogens is 1. The van der Waals surface area contributed by atoms with Gasteiger partial charge < -0.3 is 4.90 Å². The molecule has 0 fully saturated rings. The van der Waals surface area contributed by atoms with E-state index in [4.69, 9.17) is 11.6 Å². The van der Waals surface area contributed by atoms with Crippen LogP contribution in [0, 0.1) is 0 Å². The molecule has 0 aromatic heterocycles. The fourth-order valence-corrected chi connectivity index (χ4v) is 2.45. The molecular formula is C19H22ClNO. The zero-order valence-corrected chi connectivity index (χ0v) is 14.1. The molecule has 0 saturated carbocycles. The summed E-state index contributed by atoms with van der Waals surface area (Å²) in [4.78, 5) is 14.8. The molecule has 0 saturated heterocycles. The molecule has 0 aliphatic carbocycles. The Labute approximate surface area is 137 Å². The summed E-state index contributed by atoms with van der Waals surface area (Å²) in [5.74, 6) is 0.499. The van der Waals surface area contributed by atoms with Crippen molar-refractivity contribution in [2.24, 2.45) is 0 Å². The molecular weight excluding hydrogens is 294 g/mol. The average molecular weight is 316 g/mol. The number of nitrogens with zero attached hydrogens (tertiary/aromatic N) is 1. The monoisotopic (exact) mass is 315 g/mol. The van der Waals surface area contributed by atoms with Crippen molar-refractivity contribution in [1.82, 2.24) is 4.90 Å². The minimum absolute atomic E-state index is 0.0393. The molecule has 0 aliphatic rings. The van der Waals surface area contributed by atoms with Crippen LogP contribution in [0.4, 0.5) is 0 Å². The zero-order chi connectivity index (χ0) is 16.2. The second-order valence-corrected chi connectivity index (χ2v) is 6.65. The van der Waals surface area contributed by atoms with Gasteiger partial charge in [0.2, 0.25) is 0 Å². The zero-order valence-electron chi connectivity index (χ0n) is 13.3. The lowest BCUT2D eigenvalue weighted by atomic mass is 10.0. The normalized spacial score (nSPS) is 11.3. The summed E-state index contributed by atoms with van der Waals surface area (Å²) in [6.45, 7) is 6.77. The molecule has 0 bridgehead atoms. The van der Waals surface area contributed by atoms with Gasteiger partial charge in [0.25, 0.3) is 5.91 Å². The molecule has 116 valence electrons. The summed E-state index contributed by atoms with van der Waals surface area (Å²) in [5, 5.41) is 0. The molecule has 0 radical (unpaired) electrons. The highest BCUT2D eigenvalue weighted by molar-refractivity contribution is 6.17. The van der Waals surface area contributed by atoms with Crippen LogP contribution in [-0.4, -0.2) is 16.3 Å². The summed E-state index contributed by atoms with van der Waals surface area (Å²) in [6, 6.07) is 17.6. The third-order valence-corrected chi connectivity index (χ3v) is 3.90. The molecule has 2 nitrogen and oxygen atoms in total. The smallest absolute Gasteiger partial charge is 0.254 e. The van der Waals surface area contributed by atoms with Crippen molar-refractivity contribution in [3.63, 3.8) is 0 Å². The van der Waals surface area contributed by atoms with E-state index in [1.807, 2.05) is 59.5 Å². The maximum atomic E-state index is 12.9. The second-order valence-electron chi connectivity index (χ2n) is 6.38. The Kier molecular flexibility index (Phi) is 5.25. The molecule has 0 heterocycles. The number of benzene rings is 2. The minimum Gasteiger partial charge on any atom is -0.329 e. The van der Waals surface area contributed by atoms with Gasteiger partial charge in [-0.3, -0.25) is 4.79 Å². The maximum Gasteiger partial charge on any atom is 0.254 e. The van der Waals surface area contributed by atoms with Crippen LogP contribution in [0.1, 0.15) is 42.3 Å². The number of rotatable bonds is 4. The average Bonchev–Trinajstić information content (AvgIpc) is 2.52. The van der Waals surface area contributed by atoms with Crippen molar-refractivity contribution < 1.29 is 4.79 Å². The summed E-state index contributed by atoms with van der Waals surface area (Å²) in [7, 11) is 0. The van der Waals surface area contributed by atoms with Crippen LogP contribution < -0.4 is 0 Å². The molecule has 0 unspecified atom stereocenters. The Bertz CT molecular complexity index is 614. The number of carbonyl (C=O) groups excluding carboxylic acids is 1. The van der Waals surface area contributed by atoms with Gasteiger partial charge in [-0.15, -0.1) is 11.6 Å². The van der Waals surface area contributed by atoms with Crippen molar-refractivity contribution in [2.75, 3.05) is 0 Å². The van der Waals surface area contributed by atoms with Crippen molar-refractivity contribution in [3.8, 4) is 0 Å². The Morgan fingerprint density at radius 3 is 2.05 bits per heavy atom. The van der Waals surface area contributed by atoms with Crippen LogP contribution in [0.3, 0.4) is 0 Å². The molecule has 3 heteroatoms. The predicted molar refractivity (Wildman–Crippen MR) is 92.1 cm³/mol. The Balaban J connectivity index is 2.26. The first-order valence-corrected chi connectivity index (χ1v) is 7.96. The highest BCUT2D eigenvalue weighted by atomic mass is 35.5. The lowest BCUT2D eigenvalue weighted by Gasteiger charge is -2.36. The molecule has 2 aromatic rings. The maximum absolute atomic E-state index is 12.9. The van der Waals surface area contributed by atoms with Crippen LogP contribution in [-0.2, 0) is 12.4 Å².